The summed E-state index contributed by atoms with van der Waals surface area (Å²) < 4.78 is 0.774. The number of phenolic OH excluding ortho intramolecular Hbond substituents is 1. The number of aromatic amines is 1. The van der Waals surface area contributed by atoms with Crippen molar-refractivity contribution in [1.29, 1.82) is 5.26 Å². The van der Waals surface area contributed by atoms with E-state index in [1.54, 1.807) is 6.07 Å². The highest BCUT2D eigenvalue weighted by atomic mass is 79.9. The molecule has 0 aliphatic rings. The van der Waals surface area contributed by atoms with Gasteiger partial charge in [-0.2, -0.15) is 10.5 Å². The zero-order chi connectivity index (χ0) is 13.8. The molecule has 0 saturated carbocycles. The van der Waals surface area contributed by atoms with Crippen molar-refractivity contribution in [2.75, 3.05) is 5.32 Å². The fourth-order valence-electron chi connectivity index (χ4n) is 1.48. The Morgan fingerprint density at radius 2 is 2.37 bits per heavy atom. The average molecular weight is 321 g/mol. The molecule has 2 rings (SSSR count). The molecule has 1 heterocycles. The van der Waals surface area contributed by atoms with E-state index < -0.39 is 0 Å². The van der Waals surface area contributed by atoms with Crippen LogP contribution < -0.4 is 5.32 Å². The number of benzene rings is 1. The molecule has 0 unspecified atom stereocenters. The maximum absolute atomic E-state index is 9.83. The molecule has 8 heteroatoms. The molecule has 0 fully saturated rings. The lowest BCUT2D eigenvalue weighted by Gasteiger charge is -2.08. The summed E-state index contributed by atoms with van der Waals surface area (Å²) in [4.78, 5) is 0. The second-order valence-corrected chi connectivity index (χ2v) is 4.58. The number of hydrogen-bond acceptors (Lipinski definition) is 6. The number of aromatic hydroxyl groups is 1. The summed E-state index contributed by atoms with van der Waals surface area (Å²) in [5.41, 5.74) is 1.54. The molecule has 0 aliphatic carbocycles. The normalized spacial score (nSPS) is 11.1. The highest BCUT2D eigenvalue weighted by molar-refractivity contribution is 9.10. The molecular weight excluding hydrogens is 312 g/mol. The lowest BCUT2D eigenvalue weighted by molar-refractivity contribution is 0.477. The van der Waals surface area contributed by atoms with E-state index in [1.165, 1.54) is 6.20 Å². The number of hydrogen-bond donors (Lipinski definition) is 3. The van der Waals surface area contributed by atoms with Crippen molar-refractivity contribution in [1.82, 2.24) is 20.6 Å². The predicted molar refractivity (Wildman–Crippen MR) is 71.9 cm³/mol. The van der Waals surface area contributed by atoms with E-state index >= 15 is 0 Å². The molecule has 0 aliphatic heterocycles. The maximum Gasteiger partial charge on any atom is 0.216 e. The van der Waals surface area contributed by atoms with Crippen molar-refractivity contribution in [2.45, 2.75) is 6.92 Å². The Hall–Kier alpha value is -2.40. The Morgan fingerprint density at radius 1 is 1.58 bits per heavy atom. The molecule has 3 N–H and O–H groups in total. The van der Waals surface area contributed by atoms with E-state index in [4.69, 9.17) is 5.26 Å². The number of nitrogens with one attached hydrogen (secondary N) is 2. The first kappa shape index (κ1) is 13.0. The van der Waals surface area contributed by atoms with Crippen LogP contribution in [0.4, 0.5) is 5.69 Å². The van der Waals surface area contributed by atoms with Crippen molar-refractivity contribution < 1.29 is 5.11 Å². The number of anilines is 1. The number of rotatable bonds is 3. The second-order valence-electron chi connectivity index (χ2n) is 3.67. The maximum atomic E-state index is 9.83. The van der Waals surface area contributed by atoms with Gasteiger partial charge in [0.2, 0.25) is 5.82 Å². The summed E-state index contributed by atoms with van der Waals surface area (Å²) in [6.45, 7) is 1.83. The summed E-state index contributed by atoms with van der Waals surface area (Å²) in [6.07, 6.45) is 1.42. The summed E-state index contributed by atoms with van der Waals surface area (Å²) in [7, 11) is 0. The largest absolute Gasteiger partial charge is 0.506 e. The predicted octanol–water partition coefficient (Wildman–Crippen LogP) is 1.95. The van der Waals surface area contributed by atoms with Crippen molar-refractivity contribution in [3.05, 3.63) is 34.2 Å². The number of nitriles is 1. The third-order valence-corrected chi connectivity index (χ3v) is 2.80. The zero-order valence-electron chi connectivity index (χ0n) is 9.85. The SMILES string of the molecule is Cc1cc(Br)cc(O)c1NC=C(C#N)c1nn[nH]n1. The highest BCUT2D eigenvalue weighted by Crippen LogP contribution is 2.31. The summed E-state index contributed by atoms with van der Waals surface area (Å²) >= 11 is 3.28. The third kappa shape index (κ3) is 2.89. The van der Waals surface area contributed by atoms with Crippen LogP contribution >= 0.6 is 15.9 Å². The number of halogens is 1. The number of phenols is 1. The monoisotopic (exact) mass is 320 g/mol. The molecular formula is C11H9BrN6O. The number of tetrazole rings is 1. The van der Waals surface area contributed by atoms with Gasteiger partial charge < -0.3 is 10.4 Å². The van der Waals surface area contributed by atoms with Gasteiger partial charge in [0.15, 0.2) is 0 Å². The smallest absolute Gasteiger partial charge is 0.216 e. The zero-order valence-corrected chi connectivity index (χ0v) is 11.4. The molecule has 0 spiro atoms. The molecule has 1 aromatic heterocycles. The van der Waals surface area contributed by atoms with Crippen LogP contribution in [0.5, 0.6) is 5.75 Å². The topological polar surface area (TPSA) is 111 Å². The van der Waals surface area contributed by atoms with Gasteiger partial charge in [-0.15, -0.1) is 10.2 Å². The van der Waals surface area contributed by atoms with E-state index in [0.717, 1.165) is 10.0 Å². The van der Waals surface area contributed by atoms with Gasteiger partial charge in [-0.1, -0.05) is 15.9 Å². The molecule has 96 valence electrons. The van der Waals surface area contributed by atoms with Crippen LogP contribution in [0.1, 0.15) is 11.4 Å². The van der Waals surface area contributed by atoms with Gasteiger partial charge in [0.1, 0.15) is 17.4 Å². The van der Waals surface area contributed by atoms with E-state index in [9.17, 15) is 5.11 Å². The Morgan fingerprint density at radius 3 is 2.95 bits per heavy atom. The van der Waals surface area contributed by atoms with Crippen molar-refractivity contribution >= 4 is 27.2 Å². The molecule has 19 heavy (non-hydrogen) atoms. The molecule has 1 aromatic carbocycles. The van der Waals surface area contributed by atoms with Crippen LogP contribution in [0.3, 0.4) is 0 Å². The minimum Gasteiger partial charge on any atom is -0.506 e. The van der Waals surface area contributed by atoms with Crippen LogP contribution in [0.15, 0.2) is 22.8 Å². The Balaban J connectivity index is 2.30. The molecule has 0 bridgehead atoms. The van der Waals surface area contributed by atoms with Gasteiger partial charge in [-0.25, -0.2) is 0 Å². The molecule has 7 nitrogen and oxygen atoms in total. The van der Waals surface area contributed by atoms with Gasteiger partial charge in [0.25, 0.3) is 0 Å². The van der Waals surface area contributed by atoms with Crippen molar-refractivity contribution in [3.63, 3.8) is 0 Å². The first-order valence-electron chi connectivity index (χ1n) is 5.21. The lowest BCUT2D eigenvalue weighted by Crippen LogP contribution is -1.95. The summed E-state index contributed by atoms with van der Waals surface area (Å²) in [5.74, 6) is 0.262. The molecule has 0 radical (unpaired) electrons. The van der Waals surface area contributed by atoms with Crippen LogP contribution in [0, 0.1) is 18.3 Å². The lowest BCUT2D eigenvalue weighted by atomic mass is 10.2. The second kappa shape index (κ2) is 5.49. The Labute approximate surface area is 117 Å². The van der Waals surface area contributed by atoms with Crippen LogP contribution in [-0.4, -0.2) is 25.7 Å². The summed E-state index contributed by atoms with van der Waals surface area (Å²) in [6, 6.07) is 5.35. The minimum atomic E-state index is 0.0773. The first-order valence-corrected chi connectivity index (χ1v) is 6.01. The molecule has 0 amide bonds. The number of H-pyrrole nitrogens is 1. The number of aryl methyl sites for hydroxylation is 1. The number of nitrogens with zero attached hydrogens (tertiary/aromatic N) is 4. The van der Waals surface area contributed by atoms with Crippen LogP contribution in [0.25, 0.3) is 5.57 Å². The summed E-state index contributed by atoms with van der Waals surface area (Å²) in [5, 5.41) is 34.8. The first-order chi connectivity index (χ1) is 9.11. The van der Waals surface area contributed by atoms with Crippen LogP contribution in [-0.2, 0) is 0 Å². The Kier molecular flexibility index (Phi) is 3.77. The quantitative estimate of drug-likeness (QED) is 0.589. The Bertz CT molecular complexity index is 635. The van der Waals surface area contributed by atoms with E-state index in [-0.39, 0.29) is 17.1 Å². The van der Waals surface area contributed by atoms with Gasteiger partial charge in [-0.05, 0) is 29.8 Å². The standard InChI is InChI=1S/C11H9BrN6O/c1-6-2-8(12)3-9(19)10(6)14-5-7(4-13)11-15-17-18-16-11/h2-3,5,14,19H,1H3,(H,15,16,17,18). The van der Waals surface area contributed by atoms with Gasteiger partial charge >= 0.3 is 0 Å². The van der Waals surface area contributed by atoms with Crippen molar-refractivity contribution in [2.24, 2.45) is 0 Å². The van der Waals surface area contributed by atoms with E-state index in [1.807, 2.05) is 19.1 Å². The van der Waals surface area contributed by atoms with Gasteiger partial charge in [0, 0.05) is 10.7 Å². The minimum absolute atomic E-state index is 0.0773. The number of aromatic nitrogens is 4. The average Bonchev–Trinajstić information content (AvgIpc) is 2.86. The fourth-order valence-corrected chi connectivity index (χ4v) is 2.04. The third-order valence-electron chi connectivity index (χ3n) is 2.35. The van der Waals surface area contributed by atoms with E-state index in [2.05, 4.69) is 41.9 Å². The molecule has 2 aromatic rings. The fraction of sp³-hybridized carbons (Fsp3) is 0.0909. The highest BCUT2D eigenvalue weighted by Gasteiger charge is 2.08. The van der Waals surface area contributed by atoms with Crippen molar-refractivity contribution in [3.8, 4) is 11.8 Å². The van der Waals surface area contributed by atoms with E-state index in [0.29, 0.717) is 5.69 Å². The molecule has 0 atom stereocenters. The number of allylic oxidation sites excluding steroid dienone is 1. The van der Waals surface area contributed by atoms with Gasteiger partial charge in [-0.3, -0.25) is 0 Å². The molecule has 0 saturated heterocycles. The van der Waals surface area contributed by atoms with Crippen LogP contribution in [0.2, 0.25) is 0 Å². The van der Waals surface area contributed by atoms with Gasteiger partial charge in [0.05, 0.1) is 5.69 Å².